The highest BCUT2D eigenvalue weighted by molar-refractivity contribution is 7.93. The molecule has 11 heteroatoms. The Morgan fingerprint density at radius 3 is 1.54 bits per heavy atom. The Morgan fingerprint density at radius 1 is 0.540 bits per heavy atom. The number of anilines is 3. The van der Waals surface area contributed by atoms with E-state index < -0.39 is 20.0 Å². The lowest BCUT2D eigenvalue weighted by Crippen LogP contribution is -2.30. The summed E-state index contributed by atoms with van der Waals surface area (Å²) < 4.78 is 79.0. The van der Waals surface area contributed by atoms with Gasteiger partial charge in [-0.15, -0.1) is 0 Å². The molecule has 8 aromatic carbocycles. The fourth-order valence-corrected chi connectivity index (χ4v) is 11.8. The Kier molecular flexibility index (Phi) is 10.2. The van der Waals surface area contributed by atoms with Crippen molar-refractivity contribution in [1.82, 2.24) is 4.57 Å². The van der Waals surface area contributed by atoms with Gasteiger partial charge in [0, 0.05) is 21.9 Å². The van der Waals surface area contributed by atoms with Crippen molar-refractivity contribution in [1.29, 1.82) is 0 Å². The minimum Gasteiger partial charge on any atom is -0.496 e. The van der Waals surface area contributed by atoms with Gasteiger partial charge in [0.25, 0.3) is 20.0 Å². The lowest BCUT2D eigenvalue weighted by molar-refractivity contribution is 0.408. The first-order valence-electron chi connectivity index (χ1n) is 20.6. The molecule has 0 aliphatic heterocycles. The maximum Gasteiger partial charge on any atom is 0.268 e. The zero-order chi connectivity index (χ0) is 44.5. The monoisotopic (exact) mass is 873 g/mol. The summed E-state index contributed by atoms with van der Waals surface area (Å²) in [6, 6.07) is 41.5. The molecule has 0 fully saturated rings. The Labute approximate surface area is 368 Å². The van der Waals surface area contributed by atoms with Crippen LogP contribution in [0.2, 0.25) is 0 Å². The van der Waals surface area contributed by atoms with E-state index in [1.165, 1.54) is 23.5 Å². The van der Waals surface area contributed by atoms with Crippen LogP contribution in [0.5, 0.6) is 11.5 Å². The lowest BCUT2D eigenvalue weighted by Gasteiger charge is -2.33. The maximum absolute atomic E-state index is 15.9. The van der Waals surface area contributed by atoms with E-state index in [4.69, 9.17) is 9.47 Å². The number of nitrogens with zero attached hydrogens (tertiary/aromatic N) is 2. The molecule has 318 valence electrons. The molecule has 0 saturated heterocycles. The number of aryl methyl sites for hydroxylation is 4. The Hall–Kier alpha value is -6.82. The number of hydrogen-bond donors (Lipinski definition) is 1. The SMILES string of the molecule is COc1c(C)cc(NS(=O)(=O)c2ccc(C)cc2)c(N(c2cc(C)c(OC)c(C)c2-n2c3ccc4ccccc4c3c3c4ccccc4ccc32)S(=O)(=O)c2ccc(C)cc2)c1C. The maximum atomic E-state index is 15.9. The van der Waals surface area contributed by atoms with E-state index in [0.717, 1.165) is 54.5 Å². The number of nitrogens with one attached hydrogen (secondary N) is 1. The van der Waals surface area contributed by atoms with Crippen molar-refractivity contribution in [3.05, 3.63) is 167 Å². The third kappa shape index (κ3) is 6.74. The molecular weight excluding hydrogens is 827 g/mol. The molecule has 0 saturated carbocycles. The molecule has 0 atom stereocenters. The van der Waals surface area contributed by atoms with Gasteiger partial charge in [0.05, 0.1) is 57.8 Å². The summed E-state index contributed by atoms with van der Waals surface area (Å²) in [5.74, 6) is 0.988. The molecular formula is C52H47N3O6S2. The molecule has 0 unspecified atom stereocenters. The Morgan fingerprint density at radius 2 is 1.02 bits per heavy atom. The van der Waals surface area contributed by atoms with Gasteiger partial charge in [-0.25, -0.2) is 21.1 Å². The molecule has 63 heavy (non-hydrogen) atoms. The predicted molar refractivity (Wildman–Crippen MR) is 257 cm³/mol. The van der Waals surface area contributed by atoms with Gasteiger partial charge in [-0.1, -0.05) is 96.1 Å². The quantitative estimate of drug-likeness (QED) is 0.147. The molecule has 0 amide bonds. The molecule has 9 rings (SSSR count). The highest BCUT2D eigenvalue weighted by atomic mass is 32.2. The number of hydrogen-bond acceptors (Lipinski definition) is 6. The third-order valence-corrected chi connectivity index (χ3v) is 15.2. The van der Waals surface area contributed by atoms with Crippen molar-refractivity contribution in [2.45, 2.75) is 51.3 Å². The number of sulfonamides is 2. The lowest BCUT2D eigenvalue weighted by atomic mass is 10.00. The minimum absolute atomic E-state index is 0.00988. The van der Waals surface area contributed by atoms with E-state index in [9.17, 15) is 8.42 Å². The summed E-state index contributed by atoms with van der Waals surface area (Å²) in [4.78, 5) is 0.0374. The van der Waals surface area contributed by atoms with Crippen LogP contribution >= 0.6 is 0 Å². The number of ether oxygens (including phenoxy) is 2. The van der Waals surface area contributed by atoms with Gasteiger partial charge in [-0.05, 0) is 123 Å². The normalized spacial score (nSPS) is 12.1. The summed E-state index contributed by atoms with van der Waals surface area (Å²) in [5, 5.41) is 6.24. The first-order chi connectivity index (χ1) is 30.2. The Bertz CT molecular complexity index is 3450. The van der Waals surface area contributed by atoms with Crippen molar-refractivity contribution >= 4 is 80.5 Å². The van der Waals surface area contributed by atoms with Gasteiger partial charge in [0.1, 0.15) is 11.5 Å². The van der Waals surface area contributed by atoms with Crippen LogP contribution in [-0.2, 0) is 20.0 Å². The highest BCUT2D eigenvalue weighted by Gasteiger charge is 2.37. The third-order valence-electron chi connectivity index (χ3n) is 12.1. The second-order valence-corrected chi connectivity index (χ2v) is 19.6. The molecule has 1 aromatic heterocycles. The minimum atomic E-state index is -4.59. The molecule has 0 spiro atoms. The van der Waals surface area contributed by atoms with Crippen LogP contribution in [0.3, 0.4) is 0 Å². The smallest absolute Gasteiger partial charge is 0.268 e. The van der Waals surface area contributed by atoms with Crippen molar-refractivity contribution < 1.29 is 26.3 Å². The van der Waals surface area contributed by atoms with Gasteiger partial charge in [-0.3, -0.25) is 4.72 Å². The van der Waals surface area contributed by atoms with Crippen molar-refractivity contribution in [2.24, 2.45) is 0 Å². The van der Waals surface area contributed by atoms with Crippen LogP contribution in [0.15, 0.2) is 143 Å². The largest absolute Gasteiger partial charge is 0.496 e. The number of benzene rings is 8. The first-order valence-corrected chi connectivity index (χ1v) is 23.5. The van der Waals surface area contributed by atoms with Crippen LogP contribution in [-0.4, -0.2) is 35.6 Å². The molecule has 9 nitrogen and oxygen atoms in total. The Balaban J connectivity index is 1.47. The first kappa shape index (κ1) is 41.5. The summed E-state index contributed by atoms with van der Waals surface area (Å²) in [6.07, 6.45) is 0. The fraction of sp³-hybridized carbons (Fsp3) is 0.154. The second kappa shape index (κ2) is 15.5. The highest BCUT2D eigenvalue weighted by Crippen LogP contribution is 2.51. The summed E-state index contributed by atoms with van der Waals surface area (Å²) in [7, 11) is -5.71. The van der Waals surface area contributed by atoms with Crippen LogP contribution in [0.1, 0.15) is 33.4 Å². The number of rotatable bonds is 10. The molecule has 0 radical (unpaired) electrons. The predicted octanol–water partition coefficient (Wildman–Crippen LogP) is 12.3. The van der Waals surface area contributed by atoms with E-state index in [1.54, 1.807) is 63.4 Å². The van der Waals surface area contributed by atoms with E-state index in [-0.39, 0.29) is 26.9 Å². The number of fused-ring (bicyclic) bond motifs is 7. The summed E-state index contributed by atoms with van der Waals surface area (Å²) in [5.41, 5.74) is 6.77. The van der Waals surface area contributed by atoms with Crippen LogP contribution in [0.4, 0.5) is 17.1 Å². The number of methoxy groups -OCH3 is 2. The average molecular weight is 874 g/mol. The van der Waals surface area contributed by atoms with Gasteiger partial charge >= 0.3 is 0 Å². The van der Waals surface area contributed by atoms with E-state index in [1.807, 2.05) is 58.0 Å². The van der Waals surface area contributed by atoms with Crippen molar-refractivity contribution in [2.75, 3.05) is 23.2 Å². The number of aromatic nitrogens is 1. The van der Waals surface area contributed by atoms with E-state index in [0.29, 0.717) is 39.4 Å². The molecule has 0 aliphatic carbocycles. The zero-order valence-electron chi connectivity index (χ0n) is 36.4. The zero-order valence-corrected chi connectivity index (χ0v) is 38.0. The molecule has 0 aliphatic rings. The van der Waals surface area contributed by atoms with E-state index in [2.05, 4.69) is 57.8 Å². The van der Waals surface area contributed by atoms with E-state index >= 15 is 8.42 Å². The summed E-state index contributed by atoms with van der Waals surface area (Å²) >= 11 is 0. The molecule has 0 bridgehead atoms. The van der Waals surface area contributed by atoms with Crippen LogP contribution < -0.4 is 18.5 Å². The summed E-state index contributed by atoms with van der Waals surface area (Å²) in [6.45, 7) is 11.1. The van der Waals surface area contributed by atoms with Crippen molar-refractivity contribution in [3.63, 3.8) is 0 Å². The van der Waals surface area contributed by atoms with Gasteiger partial charge in [0.2, 0.25) is 0 Å². The van der Waals surface area contributed by atoms with Gasteiger partial charge in [0.15, 0.2) is 0 Å². The molecule has 9 aromatic rings. The fourth-order valence-electron chi connectivity index (χ4n) is 9.19. The van der Waals surface area contributed by atoms with Gasteiger partial charge < -0.3 is 14.0 Å². The van der Waals surface area contributed by atoms with Crippen LogP contribution in [0, 0.1) is 41.5 Å². The average Bonchev–Trinajstić information content (AvgIpc) is 3.60. The molecule has 1 N–H and O–H groups in total. The second-order valence-electron chi connectivity index (χ2n) is 16.2. The van der Waals surface area contributed by atoms with Crippen molar-refractivity contribution in [3.8, 4) is 17.2 Å². The van der Waals surface area contributed by atoms with Crippen LogP contribution in [0.25, 0.3) is 49.0 Å². The topological polar surface area (TPSA) is 107 Å². The standard InChI is InChI=1S/C52H47N3O6S2/c1-31-17-23-39(24-18-31)62(56,57)53-43-29-33(3)51(60-7)35(5)49(43)55(63(58,59)40-25-19-32(2)20-26-40)46-30-34(4)52(61-8)36(6)50(46)54-44-27-21-37-13-9-11-15-41(37)47(44)48-42-16-12-10-14-38(42)22-28-45(48)54/h9-30,53H,1-8H3. The molecule has 1 heterocycles. The van der Waals surface area contributed by atoms with Gasteiger partial charge in [-0.2, -0.15) is 0 Å².